The maximum absolute atomic E-state index is 0. The van der Waals surface area contributed by atoms with E-state index in [1.807, 2.05) is 0 Å². The Morgan fingerprint density at radius 3 is 0.273 bits per heavy atom. The van der Waals surface area contributed by atoms with E-state index < -0.39 is 0 Å². The first-order valence-corrected chi connectivity index (χ1v) is 0. The van der Waals surface area contributed by atoms with Crippen LogP contribution in [0, 0.1) is 0 Å². The molecule has 0 aromatic rings. The summed E-state index contributed by atoms with van der Waals surface area (Å²) < 4.78 is 0. The van der Waals surface area contributed by atoms with Crippen molar-refractivity contribution in [2.45, 2.75) is 0 Å². The minimum absolute atomic E-state index is 0. The molecule has 0 heterocycles. The van der Waals surface area contributed by atoms with Crippen molar-refractivity contribution < 1.29 is 54.7 Å². The van der Waals surface area contributed by atoms with Crippen LogP contribution in [-0.4, -0.2) is 34.7 Å². The molecule has 0 rings (SSSR count). The summed E-state index contributed by atoms with van der Waals surface area (Å²) in [5.41, 5.74) is 0. The third-order valence-corrected chi connectivity index (χ3v) is 0. The van der Waals surface area contributed by atoms with Crippen LogP contribution in [0.25, 0.3) is 0 Å². The van der Waals surface area contributed by atoms with Crippen LogP contribution in [0.5, 0.6) is 0 Å². The van der Waals surface area contributed by atoms with E-state index in [0.29, 0.717) is 0 Å². The average molecular weight is 269 g/mol. The molecule has 0 aliphatic carbocycles. The summed E-state index contributed by atoms with van der Waals surface area (Å²) in [5, 5.41) is 0. The minimum Gasteiger partial charge on any atom is -1.00 e. The fraction of sp³-hybridized carbons (Fsp3) is 0. The molecule has 0 aromatic carbocycles. The van der Waals surface area contributed by atoms with Crippen molar-refractivity contribution in [2.24, 2.45) is 0 Å². The standard InChI is InChI=1S/2Al.Cu.8FH/h;;;8*1H/q2*+3;+2;;;;;;;;/p-8. The van der Waals surface area contributed by atoms with Crippen molar-refractivity contribution in [1.82, 2.24) is 0 Å². The largest absolute Gasteiger partial charge is 3.00 e. The van der Waals surface area contributed by atoms with E-state index in [1.165, 1.54) is 0 Å². The molecule has 0 aliphatic heterocycles. The SMILES string of the molecule is [Al+3].[Al+3].[Cu+2].[F-].[F-].[F-].[F-].[F-].[F-].[F-].[F-]. The van der Waals surface area contributed by atoms with Crippen molar-refractivity contribution in [3.63, 3.8) is 0 Å². The third-order valence-electron chi connectivity index (χ3n) is 0. The van der Waals surface area contributed by atoms with Crippen LogP contribution in [0.15, 0.2) is 0 Å². The fourth-order valence-corrected chi connectivity index (χ4v) is 0. The minimum atomic E-state index is 0. The summed E-state index contributed by atoms with van der Waals surface area (Å²) in [6.07, 6.45) is 0. The van der Waals surface area contributed by atoms with Crippen molar-refractivity contribution in [3.05, 3.63) is 0 Å². The summed E-state index contributed by atoms with van der Waals surface area (Å²) in [5.74, 6) is 0. The molecular formula is Al2CuF8. The van der Waals surface area contributed by atoms with Crippen molar-refractivity contribution in [2.75, 3.05) is 0 Å². The van der Waals surface area contributed by atoms with Crippen LogP contribution < -0.4 is 37.6 Å². The van der Waals surface area contributed by atoms with Gasteiger partial charge in [-0.15, -0.1) is 0 Å². The van der Waals surface area contributed by atoms with Gasteiger partial charge in [-0.1, -0.05) is 0 Å². The normalized spacial score (nSPS) is 0. The number of rotatable bonds is 0. The van der Waals surface area contributed by atoms with Gasteiger partial charge in [-0.3, -0.25) is 0 Å². The fourth-order valence-electron chi connectivity index (χ4n) is 0. The maximum Gasteiger partial charge on any atom is 3.00 e. The third kappa shape index (κ3) is 856. The Hall–Kier alpha value is 1.02. The molecular weight excluding hydrogens is 269 g/mol. The average Bonchev–Trinajstić information content (AvgIpc) is 0. The monoisotopic (exact) mass is 269 g/mol. The van der Waals surface area contributed by atoms with Gasteiger partial charge < -0.3 is 37.6 Å². The Kier molecular flexibility index (Phi) is 134000. The van der Waals surface area contributed by atoms with Crippen LogP contribution in [0.3, 0.4) is 0 Å². The quantitative estimate of drug-likeness (QED) is 0.303. The molecule has 0 aliphatic rings. The van der Waals surface area contributed by atoms with Crippen molar-refractivity contribution in [3.8, 4) is 0 Å². The molecule has 11 heteroatoms. The second-order valence-electron chi connectivity index (χ2n) is 0. The van der Waals surface area contributed by atoms with E-state index in [-0.39, 0.29) is 89.4 Å². The van der Waals surface area contributed by atoms with Crippen molar-refractivity contribution >= 4 is 34.7 Å². The molecule has 0 saturated carbocycles. The van der Waals surface area contributed by atoms with Crippen LogP contribution in [-0.2, 0) is 17.1 Å². The molecule has 1 radical (unpaired) electrons. The van der Waals surface area contributed by atoms with Crippen LogP contribution in [0.1, 0.15) is 0 Å². The van der Waals surface area contributed by atoms with Crippen molar-refractivity contribution in [1.29, 1.82) is 0 Å². The summed E-state index contributed by atoms with van der Waals surface area (Å²) in [6, 6.07) is 0. The van der Waals surface area contributed by atoms with Gasteiger partial charge in [0.15, 0.2) is 0 Å². The van der Waals surface area contributed by atoms with Gasteiger partial charge >= 0.3 is 51.8 Å². The second-order valence-corrected chi connectivity index (χ2v) is 0. The summed E-state index contributed by atoms with van der Waals surface area (Å²) in [6.45, 7) is 0. The zero-order valence-corrected chi connectivity index (χ0v) is 7.73. The second kappa shape index (κ2) is 1060. The van der Waals surface area contributed by atoms with Gasteiger partial charge in [0.05, 0.1) is 0 Å². The first-order chi connectivity index (χ1) is 0. The summed E-state index contributed by atoms with van der Waals surface area (Å²) in [4.78, 5) is 0. The molecule has 0 bridgehead atoms. The molecule has 11 heavy (non-hydrogen) atoms. The number of halogens is 8. The molecule has 73 valence electrons. The molecule has 0 nitrogen and oxygen atoms in total. The predicted molar refractivity (Wildman–Crippen MR) is 11.5 cm³/mol. The molecule has 0 atom stereocenters. The van der Waals surface area contributed by atoms with Gasteiger partial charge in [0.1, 0.15) is 0 Å². The number of hydrogen-bond donors (Lipinski definition) is 0. The van der Waals surface area contributed by atoms with E-state index >= 15 is 0 Å². The van der Waals surface area contributed by atoms with E-state index in [4.69, 9.17) is 0 Å². The van der Waals surface area contributed by atoms with Crippen LogP contribution in [0.4, 0.5) is 0 Å². The van der Waals surface area contributed by atoms with Gasteiger partial charge in [0.2, 0.25) is 0 Å². The number of hydrogen-bond acceptors (Lipinski definition) is 0. The van der Waals surface area contributed by atoms with E-state index in [0.717, 1.165) is 0 Å². The van der Waals surface area contributed by atoms with E-state index in [1.54, 1.807) is 0 Å². The maximum atomic E-state index is 0. The van der Waals surface area contributed by atoms with Gasteiger partial charge in [-0.05, 0) is 0 Å². The summed E-state index contributed by atoms with van der Waals surface area (Å²) in [7, 11) is 0. The van der Waals surface area contributed by atoms with Gasteiger partial charge in [-0.2, -0.15) is 0 Å². The topological polar surface area (TPSA) is 0 Å². The molecule has 0 spiro atoms. The Labute approximate surface area is 89.5 Å². The Bertz CT molecular complexity index is 12.1. The molecule has 0 unspecified atom stereocenters. The molecule has 0 aromatic heterocycles. The molecule has 0 N–H and O–H groups in total. The molecule has 0 amide bonds. The first-order valence-electron chi connectivity index (χ1n) is 0. The molecule has 0 fully saturated rings. The van der Waals surface area contributed by atoms with Gasteiger partial charge in [0.25, 0.3) is 0 Å². The van der Waals surface area contributed by atoms with E-state index in [2.05, 4.69) is 0 Å². The first kappa shape index (κ1) is 1390. The zero-order valence-electron chi connectivity index (χ0n) is 4.48. The predicted octanol–water partition coefficient (Wildman–Crippen LogP) is -24.7. The van der Waals surface area contributed by atoms with Crippen LogP contribution in [0.2, 0.25) is 0 Å². The Balaban J connectivity index is 0. The summed E-state index contributed by atoms with van der Waals surface area (Å²) >= 11 is 0. The zero-order chi connectivity index (χ0) is 0. The van der Waals surface area contributed by atoms with E-state index in [9.17, 15) is 0 Å². The Morgan fingerprint density at radius 1 is 0.273 bits per heavy atom. The van der Waals surface area contributed by atoms with Gasteiger partial charge in [-0.25, -0.2) is 0 Å². The van der Waals surface area contributed by atoms with Gasteiger partial charge in [0, 0.05) is 0 Å². The Morgan fingerprint density at radius 2 is 0.273 bits per heavy atom. The molecule has 0 saturated heterocycles. The van der Waals surface area contributed by atoms with Crippen LogP contribution >= 0.6 is 0 Å². The smallest absolute Gasteiger partial charge is 1.00 e.